The molecule has 1 aliphatic rings. The third-order valence-corrected chi connectivity index (χ3v) is 3.98. The van der Waals surface area contributed by atoms with Gasteiger partial charge in [0.15, 0.2) is 0 Å². The Morgan fingerprint density at radius 2 is 2.23 bits per heavy atom. The van der Waals surface area contributed by atoms with E-state index in [9.17, 15) is 0 Å². The standard InChI is InChI=1S/C10H8BrNS/c11-7-3-4-9-8(5-7)12-10(13-9)6-1-2-6/h3-6H,1-2H2. The van der Waals surface area contributed by atoms with Crippen molar-refractivity contribution in [1.29, 1.82) is 0 Å². The predicted octanol–water partition coefficient (Wildman–Crippen LogP) is 3.94. The summed E-state index contributed by atoms with van der Waals surface area (Å²) in [6.07, 6.45) is 2.67. The highest BCUT2D eigenvalue weighted by Gasteiger charge is 2.26. The van der Waals surface area contributed by atoms with Crippen molar-refractivity contribution in [2.75, 3.05) is 0 Å². The van der Waals surface area contributed by atoms with Crippen molar-refractivity contribution in [3.63, 3.8) is 0 Å². The molecule has 1 aromatic heterocycles. The number of nitrogens with zero attached hydrogens (tertiary/aromatic N) is 1. The van der Waals surface area contributed by atoms with Gasteiger partial charge >= 0.3 is 0 Å². The summed E-state index contributed by atoms with van der Waals surface area (Å²) >= 11 is 5.30. The van der Waals surface area contributed by atoms with Crippen LogP contribution in [0, 0.1) is 0 Å². The van der Waals surface area contributed by atoms with Crippen molar-refractivity contribution >= 4 is 37.5 Å². The second kappa shape index (κ2) is 2.79. The molecule has 1 fully saturated rings. The number of aromatic nitrogens is 1. The lowest BCUT2D eigenvalue weighted by Crippen LogP contribution is -1.73. The molecule has 3 heteroatoms. The molecule has 66 valence electrons. The normalized spacial score (nSPS) is 16.7. The molecular weight excluding hydrogens is 246 g/mol. The van der Waals surface area contributed by atoms with E-state index < -0.39 is 0 Å². The summed E-state index contributed by atoms with van der Waals surface area (Å²) in [5.74, 6) is 0.774. The molecule has 0 atom stereocenters. The average Bonchev–Trinajstić information content (AvgIpc) is 2.87. The fraction of sp³-hybridized carbons (Fsp3) is 0.300. The maximum absolute atomic E-state index is 4.62. The quantitative estimate of drug-likeness (QED) is 0.751. The van der Waals surface area contributed by atoms with Crippen LogP contribution in [0.15, 0.2) is 22.7 Å². The number of fused-ring (bicyclic) bond motifs is 1. The zero-order valence-electron chi connectivity index (χ0n) is 6.96. The minimum atomic E-state index is 0.774. The van der Waals surface area contributed by atoms with Gasteiger partial charge in [-0.1, -0.05) is 15.9 Å². The van der Waals surface area contributed by atoms with Gasteiger partial charge in [-0.25, -0.2) is 4.98 Å². The highest BCUT2D eigenvalue weighted by atomic mass is 79.9. The molecule has 0 saturated heterocycles. The van der Waals surface area contributed by atoms with Crippen LogP contribution < -0.4 is 0 Å². The van der Waals surface area contributed by atoms with E-state index in [4.69, 9.17) is 0 Å². The number of benzene rings is 1. The second-order valence-corrected chi connectivity index (χ2v) is 5.42. The first kappa shape index (κ1) is 7.94. The van der Waals surface area contributed by atoms with Crippen molar-refractivity contribution in [1.82, 2.24) is 4.98 Å². The molecule has 13 heavy (non-hydrogen) atoms. The van der Waals surface area contributed by atoms with Gasteiger partial charge in [0, 0.05) is 10.4 Å². The SMILES string of the molecule is Brc1ccc2sc(C3CC3)nc2c1. The Kier molecular flexibility index (Phi) is 1.70. The summed E-state index contributed by atoms with van der Waals surface area (Å²) in [5.41, 5.74) is 1.14. The molecular formula is C10H8BrNS. The Balaban J connectivity index is 2.20. The molecule has 1 aromatic carbocycles. The van der Waals surface area contributed by atoms with Gasteiger partial charge in [-0.2, -0.15) is 0 Å². The Hall–Kier alpha value is -0.410. The van der Waals surface area contributed by atoms with Crippen LogP contribution in [0.4, 0.5) is 0 Å². The van der Waals surface area contributed by atoms with Gasteiger partial charge in [-0.15, -0.1) is 11.3 Å². The van der Waals surface area contributed by atoms with E-state index in [0.717, 1.165) is 15.9 Å². The van der Waals surface area contributed by atoms with Crippen molar-refractivity contribution in [2.45, 2.75) is 18.8 Å². The number of hydrogen-bond acceptors (Lipinski definition) is 2. The summed E-state index contributed by atoms with van der Waals surface area (Å²) in [5, 5.41) is 1.33. The van der Waals surface area contributed by atoms with E-state index >= 15 is 0 Å². The minimum Gasteiger partial charge on any atom is -0.241 e. The Bertz CT molecular complexity index is 459. The maximum Gasteiger partial charge on any atom is 0.0969 e. The molecule has 0 radical (unpaired) electrons. The van der Waals surface area contributed by atoms with Crippen LogP contribution >= 0.6 is 27.3 Å². The fourth-order valence-corrected chi connectivity index (χ4v) is 2.89. The van der Waals surface area contributed by atoms with Crippen LogP contribution in [0.2, 0.25) is 0 Å². The molecule has 3 rings (SSSR count). The summed E-state index contributed by atoms with van der Waals surface area (Å²) < 4.78 is 2.43. The summed E-state index contributed by atoms with van der Waals surface area (Å²) in [6.45, 7) is 0. The minimum absolute atomic E-state index is 0.774. The molecule has 0 bridgehead atoms. The van der Waals surface area contributed by atoms with Gasteiger partial charge in [0.2, 0.25) is 0 Å². The van der Waals surface area contributed by atoms with Crippen LogP contribution in [-0.2, 0) is 0 Å². The highest BCUT2D eigenvalue weighted by molar-refractivity contribution is 9.10. The Labute approximate surface area is 88.9 Å². The molecule has 2 aromatic rings. The largest absolute Gasteiger partial charge is 0.241 e. The third-order valence-electron chi connectivity index (χ3n) is 2.29. The van der Waals surface area contributed by atoms with E-state index in [2.05, 4.69) is 39.1 Å². The topological polar surface area (TPSA) is 12.9 Å². The molecule has 1 nitrogen and oxygen atoms in total. The zero-order valence-corrected chi connectivity index (χ0v) is 9.36. The lowest BCUT2D eigenvalue weighted by atomic mass is 10.3. The Morgan fingerprint density at radius 3 is 3.00 bits per heavy atom. The summed E-state index contributed by atoms with van der Waals surface area (Å²) in [7, 11) is 0. The molecule has 0 spiro atoms. The van der Waals surface area contributed by atoms with Gasteiger partial charge < -0.3 is 0 Å². The van der Waals surface area contributed by atoms with Crippen LogP contribution in [0.1, 0.15) is 23.8 Å². The Morgan fingerprint density at radius 1 is 1.38 bits per heavy atom. The molecule has 0 amide bonds. The van der Waals surface area contributed by atoms with Crippen LogP contribution in [0.25, 0.3) is 10.2 Å². The molecule has 0 aliphatic heterocycles. The number of rotatable bonds is 1. The van der Waals surface area contributed by atoms with Crippen LogP contribution in [0.5, 0.6) is 0 Å². The third kappa shape index (κ3) is 1.40. The van der Waals surface area contributed by atoms with Crippen molar-refractivity contribution < 1.29 is 0 Å². The van der Waals surface area contributed by atoms with Gasteiger partial charge in [0.05, 0.1) is 15.2 Å². The van der Waals surface area contributed by atoms with Gasteiger partial charge in [-0.3, -0.25) is 0 Å². The number of halogens is 1. The maximum atomic E-state index is 4.62. The molecule has 0 N–H and O–H groups in total. The number of hydrogen-bond donors (Lipinski definition) is 0. The van der Waals surface area contributed by atoms with E-state index in [0.29, 0.717) is 0 Å². The van der Waals surface area contributed by atoms with E-state index in [1.54, 1.807) is 0 Å². The lowest BCUT2D eigenvalue weighted by Gasteiger charge is -1.87. The average molecular weight is 254 g/mol. The van der Waals surface area contributed by atoms with Gasteiger partial charge in [-0.05, 0) is 31.0 Å². The highest BCUT2D eigenvalue weighted by Crippen LogP contribution is 2.43. The first-order valence-electron chi connectivity index (χ1n) is 4.39. The molecule has 0 unspecified atom stereocenters. The van der Waals surface area contributed by atoms with Crippen molar-refractivity contribution in [3.8, 4) is 0 Å². The fourth-order valence-electron chi connectivity index (χ4n) is 1.42. The molecule has 1 saturated carbocycles. The first-order chi connectivity index (χ1) is 6.33. The predicted molar refractivity (Wildman–Crippen MR) is 59.3 cm³/mol. The van der Waals surface area contributed by atoms with E-state index in [1.807, 2.05) is 11.3 Å². The van der Waals surface area contributed by atoms with Crippen LogP contribution in [0.3, 0.4) is 0 Å². The van der Waals surface area contributed by atoms with Crippen molar-refractivity contribution in [2.24, 2.45) is 0 Å². The summed E-state index contributed by atoms with van der Waals surface area (Å²) in [4.78, 5) is 4.62. The van der Waals surface area contributed by atoms with Crippen LogP contribution in [-0.4, -0.2) is 4.98 Å². The van der Waals surface area contributed by atoms with E-state index in [1.165, 1.54) is 22.5 Å². The molecule has 1 aliphatic carbocycles. The van der Waals surface area contributed by atoms with Crippen molar-refractivity contribution in [3.05, 3.63) is 27.7 Å². The van der Waals surface area contributed by atoms with Gasteiger partial charge in [0.1, 0.15) is 0 Å². The lowest BCUT2D eigenvalue weighted by molar-refractivity contribution is 1.10. The number of thiazole rings is 1. The van der Waals surface area contributed by atoms with Gasteiger partial charge in [0.25, 0.3) is 0 Å². The van der Waals surface area contributed by atoms with E-state index in [-0.39, 0.29) is 0 Å². The summed E-state index contributed by atoms with van der Waals surface area (Å²) in [6, 6.07) is 6.32. The second-order valence-electron chi connectivity index (χ2n) is 3.44. The molecule has 1 heterocycles. The zero-order chi connectivity index (χ0) is 8.84. The first-order valence-corrected chi connectivity index (χ1v) is 6.00. The smallest absolute Gasteiger partial charge is 0.0969 e. The monoisotopic (exact) mass is 253 g/mol.